The van der Waals surface area contributed by atoms with Crippen molar-refractivity contribution in [2.24, 2.45) is 0 Å². The van der Waals surface area contributed by atoms with Gasteiger partial charge in [0, 0.05) is 5.75 Å². The van der Waals surface area contributed by atoms with Gasteiger partial charge in [0.15, 0.2) is 0 Å². The molecule has 1 aromatic carbocycles. The van der Waals surface area contributed by atoms with Crippen LogP contribution >= 0.6 is 11.8 Å². The number of carboxylic acid groups (broad SMARTS) is 1. The first-order valence-electron chi connectivity index (χ1n) is 4.44. The molecule has 0 saturated carbocycles. The summed E-state index contributed by atoms with van der Waals surface area (Å²) in [6.45, 7) is 1.95. The molecule has 76 valence electrons. The van der Waals surface area contributed by atoms with Gasteiger partial charge in [-0.2, -0.15) is 11.8 Å². The molecule has 0 spiro atoms. The highest BCUT2D eigenvalue weighted by Gasteiger charge is 2.20. The van der Waals surface area contributed by atoms with Crippen LogP contribution in [0.2, 0.25) is 0 Å². The number of carboxylic acids is 1. The summed E-state index contributed by atoms with van der Waals surface area (Å²) in [6, 6.07) is 7.66. The second-order valence-electron chi connectivity index (χ2n) is 3.20. The van der Waals surface area contributed by atoms with Crippen LogP contribution in [-0.2, 0) is 4.79 Å². The van der Waals surface area contributed by atoms with Crippen molar-refractivity contribution in [1.29, 1.82) is 0 Å². The normalized spacial score (nSPS) is 12.4. The van der Waals surface area contributed by atoms with Gasteiger partial charge in [0.25, 0.3) is 0 Å². The molecule has 0 aliphatic carbocycles. The van der Waals surface area contributed by atoms with E-state index in [1.165, 1.54) is 0 Å². The Bertz CT molecular complexity index is 323. The molecule has 14 heavy (non-hydrogen) atoms. The Morgan fingerprint density at radius 3 is 2.64 bits per heavy atom. The predicted octanol–water partition coefficient (Wildman–Crippen LogP) is 2.53. The minimum atomic E-state index is -0.742. The summed E-state index contributed by atoms with van der Waals surface area (Å²) in [6.07, 6.45) is 1.92. The van der Waals surface area contributed by atoms with Crippen LogP contribution in [0.1, 0.15) is 17.0 Å². The average Bonchev–Trinajstić information content (AvgIpc) is 2.15. The molecule has 0 amide bonds. The van der Waals surface area contributed by atoms with Gasteiger partial charge in [-0.3, -0.25) is 4.79 Å². The molecule has 0 fully saturated rings. The van der Waals surface area contributed by atoms with Gasteiger partial charge in [-0.1, -0.05) is 24.3 Å². The summed E-state index contributed by atoms with van der Waals surface area (Å²) in [5, 5.41) is 9.07. The van der Waals surface area contributed by atoms with Crippen LogP contribution in [0.25, 0.3) is 0 Å². The van der Waals surface area contributed by atoms with Crippen molar-refractivity contribution in [2.75, 3.05) is 12.0 Å². The fourth-order valence-corrected chi connectivity index (χ4v) is 2.09. The number of thioether (sulfide) groups is 1. The SMILES string of the molecule is CSCC(C(=O)O)c1ccccc1C. The number of benzene rings is 1. The Labute approximate surface area is 88.3 Å². The third kappa shape index (κ3) is 2.51. The molecular formula is C11H14O2S. The third-order valence-electron chi connectivity index (χ3n) is 2.20. The molecule has 3 heteroatoms. The van der Waals surface area contributed by atoms with Gasteiger partial charge in [0.2, 0.25) is 0 Å². The number of rotatable bonds is 4. The monoisotopic (exact) mass is 210 g/mol. The highest BCUT2D eigenvalue weighted by atomic mass is 32.2. The lowest BCUT2D eigenvalue weighted by Crippen LogP contribution is -2.15. The summed E-state index contributed by atoms with van der Waals surface area (Å²) in [5.74, 6) is -0.500. The van der Waals surface area contributed by atoms with Gasteiger partial charge in [-0.15, -0.1) is 0 Å². The molecule has 0 saturated heterocycles. The molecule has 1 atom stereocenters. The molecule has 0 heterocycles. The minimum absolute atomic E-state index is 0.383. The second-order valence-corrected chi connectivity index (χ2v) is 4.11. The van der Waals surface area contributed by atoms with Crippen molar-refractivity contribution in [3.63, 3.8) is 0 Å². The van der Waals surface area contributed by atoms with Gasteiger partial charge in [-0.05, 0) is 24.3 Å². The molecule has 1 unspecified atom stereocenters. The lowest BCUT2D eigenvalue weighted by atomic mass is 9.97. The Hall–Kier alpha value is -0.960. The Morgan fingerprint density at radius 2 is 2.14 bits per heavy atom. The van der Waals surface area contributed by atoms with Crippen LogP contribution in [-0.4, -0.2) is 23.1 Å². The van der Waals surface area contributed by atoms with E-state index in [1.807, 2.05) is 37.4 Å². The van der Waals surface area contributed by atoms with Crippen LogP contribution in [0.4, 0.5) is 0 Å². The average molecular weight is 210 g/mol. The van der Waals surface area contributed by atoms with Gasteiger partial charge in [-0.25, -0.2) is 0 Å². The predicted molar refractivity (Wildman–Crippen MR) is 59.9 cm³/mol. The molecular weight excluding hydrogens is 196 g/mol. The van der Waals surface area contributed by atoms with Gasteiger partial charge >= 0.3 is 5.97 Å². The lowest BCUT2D eigenvalue weighted by molar-refractivity contribution is -0.138. The van der Waals surface area contributed by atoms with Gasteiger partial charge in [0.1, 0.15) is 0 Å². The number of hydrogen-bond acceptors (Lipinski definition) is 2. The van der Waals surface area contributed by atoms with Crippen LogP contribution < -0.4 is 0 Å². The quantitative estimate of drug-likeness (QED) is 0.829. The van der Waals surface area contributed by atoms with E-state index >= 15 is 0 Å². The molecule has 1 aromatic rings. The first kappa shape index (κ1) is 11.1. The van der Waals surface area contributed by atoms with E-state index in [-0.39, 0.29) is 5.92 Å². The maximum absolute atomic E-state index is 11.0. The van der Waals surface area contributed by atoms with Crippen molar-refractivity contribution in [3.8, 4) is 0 Å². The molecule has 1 N–H and O–H groups in total. The number of aliphatic carboxylic acids is 1. The Balaban J connectivity index is 2.99. The van der Waals surface area contributed by atoms with Gasteiger partial charge in [0.05, 0.1) is 5.92 Å². The Kier molecular flexibility index (Phi) is 4.01. The molecule has 0 bridgehead atoms. The van der Waals surface area contributed by atoms with E-state index in [9.17, 15) is 4.79 Å². The van der Waals surface area contributed by atoms with E-state index in [0.29, 0.717) is 5.75 Å². The van der Waals surface area contributed by atoms with E-state index in [4.69, 9.17) is 5.11 Å². The van der Waals surface area contributed by atoms with Crippen molar-refractivity contribution in [1.82, 2.24) is 0 Å². The van der Waals surface area contributed by atoms with Crippen LogP contribution in [0.15, 0.2) is 24.3 Å². The van der Waals surface area contributed by atoms with Gasteiger partial charge < -0.3 is 5.11 Å². The Morgan fingerprint density at radius 1 is 1.50 bits per heavy atom. The van der Waals surface area contributed by atoms with E-state index in [1.54, 1.807) is 11.8 Å². The molecule has 0 aliphatic heterocycles. The molecule has 0 radical (unpaired) electrons. The highest BCUT2D eigenvalue weighted by molar-refractivity contribution is 7.98. The molecule has 0 aromatic heterocycles. The zero-order valence-electron chi connectivity index (χ0n) is 8.36. The highest BCUT2D eigenvalue weighted by Crippen LogP contribution is 2.23. The largest absolute Gasteiger partial charge is 0.481 e. The summed E-state index contributed by atoms with van der Waals surface area (Å²) < 4.78 is 0. The van der Waals surface area contributed by atoms with E-state index < -0.39 is 5.97 Å². The van der Waals surface area contributed by atoms with E-state index in [0.717, 1.165) is 11.1 Å². The minimum Gasteiger partial charge on any atom is -0.481 e. The third-order valence-corrected chi connectivity index (χ3v) is 2.86. The van der Waals surface area contributed by atoms with Crippen LogP contribution in [0.5, 0.6) is 0 Å². The standard InChI is InChI=1S/C11H14O2S/c1-8-5-3-4-6-9(8)10(7-14-2)11(12)13/h3-6,10H,7H2,1-2H3,(H,12,13). The number of carbonyl (C=O) groups is 1. The second kappa shape index (κ2) is 5.05. The first-order chi connectivity index (χ1) is 6.66. The molecule has 0 aliphatic rings. The summed E-state index contributed by atoms with van der Waals surface area (Å²) in [5.41, 5.74) is 1.98. The van der Waals surface area contributed by atoms with Crippen molar-refractivity contribution in [2.45, 2.75) is 12.8 Å². The fraction of sp³-hybridized carbons (Fsp3) is 0.364. The number of aryl methyl sites for hydroxylation is 1. The zero-order chi connectivity index (χ0) is 10.6. The first-order valence-corrected chi connectivity index (χ1v) is 5.83. The summed E-state index contributed by atoms with van der Waals surface area (Å²) >= 11 is 1.56. The molecule has 2 nitrogen and oxygen atoms in total. The topological polar surface area (TPSA) is 37.3 Å². The summed E-state index contributed by atoms with van der Waals surface area (Å²) in [7, 11) is 0. The van der Waals surface area contributed by atoms with E-state index in [2.05, 4.69) is 0 Å². The number of hydrogen-bond donors (Lipinski definition) is 1. The summed E-state index contributed by atoms with van der Waals surface area (Å²) in [4.78, 5) is 11.0. The maximum Gasteiger partial charge on any atom is 0.311 e. The smallest absolute Gasteiger partial charge is 0.311 e. The van der Waals surface area contributed by atoms with Crippen LogP contribution in [0.3, 0.4) is 0 Å². The van der Waals surface area contributed by atoms with Crippen LogP contribution in [0, 0.1) is 6.92 Å². The zero-order valence-corrected chi connectivity index (χ0v) is 9.17. The van der Waals surface area contributed by atoms with Crippen molar-refractivity contribution >= 4 is 17.7 Å². The molecule has 1 rings (SSSR count). The maximum atomic E-state index is 11.0. The van der Waals surface area contributed by atoms with Crippen molar-refractivity contribution in [3.05, 3.63) is 35.4 Å². The lowest BCUT2D eigenvalue weighted by Gasteiger charge is -2.13. The van der Waals surface area contributed by atoms with Crippen molar-refractivity contribution < 1.29 is 9.90 Å². The fourth-order valence-electron chi connectivity index (χ4n) is 1.44.